The van der Waals surface area contributed by atoms with Crippen molar-refractivity contribution >= 4 is 49.4 Å². The number of carbonyl (C=O) groups is 2. The molecule has 3 aliphatic rings. The average molecular weight is 1240 g/mol. The van der Waals surface area contributed by atoms with Gasteiger partial charge in [-0.15, -0.1) is 0 Å². The zero-order valence-electron chi connectivity index (χ0n) is 44.4. The first-order chi connectivity index (χ1) is 39.6. The number of halogens is 3. The van der Waals surface area contributed by atoms with E-state index >= 15 is 4.39 Å². The van der Waals surface area contributed by atoms with Gasteiger partial charge in [0.25, 0.3) is 0 Å². The number of carboxylic acid groups (broad SMARTS) is 1. The minimum absolute atomic E-state index is 0.0822. The molecule has 422 valence electrons. The van der Waals surface area contributed by atoms with Gasteiger partial charge >= 0.3 is 5.97 Å². The Labute approximate surface area is 487 Å². The van der Waals surface area contributed by atoms with Crippen LogP contribution in [0.15, 0.2) is 129 Å². The number of benzene rings is 2. The first-order valence-electron chi connectivity index (χ1n) is 26.1. The lowest BCUT2D eigenvalue weighted by Crippen LogP contribution is -2.33. The molecule has 10 rings (SSSR count). The number of rotatable bonds is 16. The molecule has 22 heteroatoms. The highest BCUT2D eigenvalue weighted by molar-refractivity contribution is 9.10. The standard InChI is InChI=1S/C42H39BrFN5O7.C18H16BrN3O4/c1-52-39-17-27(3-7-38(39)56-23-30-22-54-12-13-55-30)28-16-32(41(46)48-18-28)31-5-2-26(14-35(31)44)15-37(50)34-21-49(25-42(24-45)8-10-53-11-9-42)20-33(40(34)51)36-6-4-29(43)19-47-36;19-12-1-2-15(21-7-12)13-8-22(9-14(16(13)23)17(24)25)11-18(10-20)3-5-26-6-4-18/h2-7,14,16-21,30H,8-13,15,22-23,25H2,1H3,(H2,46,48);1-2,7-9H,3-6,11H2,(H,24,25)/t30-;/m1./s1. The minimum atomic E-state index is -1.30. The van der Waals surface area contributed by atoms with Gasteiger partial charge in [-0.1, -0.05) is 18.2 Å². The molecule has 1 atom stereocenters. The highest BCUT2D eigenvalue weighted by Gasteiger charge is 2.35. The number of hydrogen-bond donors (Lipinski definition) is 2. The molecule has 3 saturated heterocycles. The fourth-order valence-electron chi connectivity index (χ4n) is 9.86. The van der Waals surface area contributed by atoms with Gasteiger partial charge in [-0.3, -0.25) is 24.4 Å². The molecule has 19 nitrogen and oxygen atoms in total. The smallest absolute Gasteiger partial charge is 0.341 e. The number of hydrogen-bond acceptors (Lipinski definition) is 16. The SMILES string of the molecule is COc1cc(-c2cnc(N)c(-c3ccc(CC(=O)c4cn(CC5(C#N)CCOCC5)cc(-c5ccc(Br)cn5)c4=O)cc3F)c2)ccc1OC[C@H]1COCCO1.N#CC1(Cn2cc(C(=O)O)c(=O)c(-c3ccc(Br)cn3)c2)CCOCC1. The number of ether oxygens (including phenoxy) is 6. The third-order valence-corrected chi connectivity index (χ3v) is 15.4. The van der Waals surface area contributed by atoms with Gasteiger partial charge in [0, 0.05) is 115 Å². The van der Waals surface area contributed by atoms with Gasteiger partial charge in [0.15, 0.2) is 17.3 Å². The van der Waals surface area contributed by atoms with Crippen molar-refractivity contribution in [3.63, 3.8) is 0 Å². The fraction of sp³-hybridized carbons (Fsp3) is 0.317. The van der Waals surface area contributed by atoms with E-state index in [0.717, 1.165) is 14.5 Å². The number of methoxy groups -OCH3 is 1. The maximum Gasteiger partial charge on any atom is 0.341 e. The van der Waals surface area contributed by atoms with Crippen LogP contribution in [0.5, 0.6) is 11.5 Å². The number of aromatic carboxylic acids is 1. The van der Waals surface area contributed by atoms with E-state index in [-0.39, 0.29) is 59.2 Å². The van der Waals surface area contributed by atoms with Crippen molar-refractivity contribution < 1.29 is 47.5 Å². The Balaban J connectivity index is 0.000000260. The van der Waals surface area contributed by atoms with Crippen LogP contribution in [0, 0.1) is 39.3 Å². The van der Waals surface area contributed by atoms with Gasteiger partial charge < -0.3 is 48.4 Å². The summed E-state index contributed by atoms with van der Waals surface area (Å²) in [6.45, 7) is 4.24. The number of ketones is 1. The Kier molecular flexibility index (Phi) is 18.8. The van der Waals surface area contributed by atoms with E-state index in [4.69, 9.17) is 34.2 Å². The molecule has 0 spiro atoms. The quantitative estimate of drug-likeness (QED) is 0.0853. The van der Waals surface area contributed by atoms with Crippen molar-refractivity contribution in [2.24, 2.45) is 10.8 Å². The summed E-state index contributed by atoms with van der Waals surface area (Å²) in [6.07, 6.45) is 12.4. The Morgan fingerprint density at radius 1 is 0.707 bits per heavy atom. The highest BCUT2D eigenvalue weighted by atomic mass is 79.9. The predicted octanol–water partition coefficient (Wildman–Crippen LogP) is 9.36. The number of anilines is 1. The minimum Gasteiger partial charge on any atom is -0.493 e. The molecule has 0 radical (unpaired) electrons. The van der Waals surface area contributed by atoms with Crippen LogP contribution in [0.1, 0.15) is 52.0 Å². The van der Waals surface area contributed by atoms with Gasteiger partial charge in [0.2, 0.25) is 10.9 Å². The predicted molar refractivity (Wildman–Crippen MR) is 307 cm³/mol. The van der Waals surface area contributed by atoms with Crippen LogP contribution in [-0.2, 0) is 38.5 Å². The van der Waals surface area contributed by atoms with Crippen LogP contribution in [0.25, 0.3) is 44.8 Å². The maximum atomic E-state index is 15.9. The zero-order chi connectivity index (χ0) is 58.0. The second-order valence-corrected chi connectivity index (χ2v) is 21.9. The van der Waals surface area contributed by atoms with E-state index in [0.29, 0.717) is 118 Å². The topological polar surface area (TPSA) is 266 Å². The second kappa shape index (κ2) is 26.3. The number of Topliss-reactive ketones (excluding diaryl/α,β-unsaturated/α-hetero) is 1. The van der Waals surface area contributed by atoms with E-state index < -0.39 is 39.3 Å². The molecule has 0 bridgehead atoms. The molecule has 7 aromatic rings. The normalized spacial score (nSPS) is 16.3. The Hall–Kier alpha value is -7.96. The number of carbonyl (C=O) groups excluding carboxylic acids is 1. The van der Waals surface area contributed by atoms with E-state index in [2.05, 4.69) is 59.0 Å². The number of nitrogen functional groups attached to an aromatic ring is 1. The van der Waals surface area contributed by atoms with E-state index in [1.165, 1.54) is 18.5 Å². The van der Waals surface area contributed by atoms with Gasteiger partial charge in [-0.05, 0) is 117 Å². The summed E-state index contributed by atoms with van der Waals surface area (Å²) in [7, 11) is 1.55. The number of nitrogens with two attached hydrogens (primary N) is 1. The molecule has 8 heterocycles. The van der Waals surface area contributed by atoms with Crippen LogP contribution in [0.4, 0.5) is 10.2 Å². The van der Waals surface area contributed by atoms with Crippen LogP contribution >= 0.6 is 31.9 Å². The van der Waals surface area contributed by atoms with Gasteiger partial charge in [0.05, 0.1) is 78.0 Å². The van der Waals surface area contributed by atoms with Crippen molar-refractivity contribution in [2.45, 2.75) is 51.3 Å². The van der Waals surface area contributed by atoms with E-state index in [1.54, 1.807) is 102 Å². The molecule has 5 aromatic heterocycles. The molecular weight excluding hydrogens is 1190 g/mol. The number of nitriles is 2. The summed E-state index contributed by atoms with van der Waals surface area (Å²) in [6, 6.07) is 23.2. The first kappa shape index (κ1) is 58.7. The number of carboxylic acids is 1. The van der Waals surface area contributed by atoms with Crippen LogP contribution in [-0.4, -0.2) is 107 Å². The maximum absolute atomic E-state index is 15.9. The molecule has 3 N–H and O–H groups in total. The number of aromatic nitrogens is 5. The van der Waals surface area contributed by atoms with Crippen molar-refractivity contribution in [1.82, 2.24) is 24.1 Å². The Morgan fingerprint density at radius 2 is 1.30 bits per heavy atom. The number of nitrogens with zero attached hydrogens (tertiary/aromatic N) is 7. The van der Waals surface area contributed by atoms with Gasteiger partial charge in [-0.2, -0.15) is 10.5 Å². The van der Waals surface area contributed by atoms with Gasteiger partial charge in [0.1, 0.15) is 29.9 Å². The summed E-state index contributed by atoms with van der Waals surface area (Å²) in [4.78, 5) is 64.7. The fourth-order valence-corrected chi connectivity index (χ4v) is 10.3. The molecule has 3 aliphatic heterocycles. The van der Waals surface area contributed by atoms with Crippen molar-refractivity contribution in [2.75, 3.05) is 65.7 Å². The summed E-state index contributed by atoms with van der Waals surface area (Å²) >= 11 is 6.65. The molecule has 0 unspecified atom stereocenters. The molecule has 0 amide bonds. The van der Waals surface area contributed by atoms with Crippen molar-refractivity contribution in [3.8, 4) is 68.4 Å². The Morgan fingerprint density at radius 3 is 1.83 bits per heavy atom. The van der Waals surface area contributed by atoms with E-state index in [9.17, 15) is 34.8 Å². The molecule has 0 aliphatic carbocycles. The second-order valence-electron chi connectivity index (χ2n) is 20.0. The molecule has 2 aromatic carbocycles. The summed E-state index contributed by atoms with van der Waals surface area (Å²) in [5.74, 6) is -1.27. The van der Waals surface area contributed by atoms with Crippen molar-refractivity contribution in [3.05, 3.63) is 162 Å². The summed E-state index contributed by atoms with van der Waals surface area (Å²) < 4.78 is 54.2. The monoisotopic (exact) mass is 1240 g/mol. The lowest BCUT2D eigenvalue weighted by atomic mass is 9.81. The largest absolute Gasteiger partial charge is 0.493 e. The number of pyridine rings is 5. The molecular formula is C60H55Br2FN8O11. The van der Waals surface area contributed by atoms with Crippen LogP contribution < -0.4 is 26.1 Å². The molecule has 3 fully saturated rings. The highest BCUT2D eigenvalue weighted by Crippen LogP contribution is 2.37. The van der Waals surface area contributed by atoms with E-state index in [1.807, 2.05) is 6.07 Å². The van der Waals surface area contributed by atoms with Gasteiger partial charge in [-0.25, -0.2) is 14.2 Å². The van der Waals surface area contributed by atoms with Crippen LogP contribution in [0.2, 0.25) is 0 Å². The Bertz CT molecular complexity index is 3700. The summed E-state index contributed by atoms with van der Waals surface area (Å²) in [5.41, 5.74) is 6.88. The molecule has 82 heavy (non-hydrogen) atoms. The third-order valence-electron chi connectivity index (χ3n) is 14.5. The lowest BCUT2D eigenvalue weighted by Gasteiger charge is -2.31. The third kappa shape index (κ3) is 13.8. The van der Waals surface area contributed by atoms with Crippen molar-refractivity contribution in [1.29, 1.82) is 10.5 Å². The zero-order valence-corrected chi connectivity index (χ0v) is 47.6. The van der Waals surface area contributed by atoms with Crippen LogP contribution in [0.3, 0.4) is 0 Å². The average Bonchev–Trinajstić information content (AvgIpc) is 3.59. The summed E-state index contributed by atoms with van der Waals surface area (Å²) in [5, 5.41) is 29.2. The lowest BCUT2D eigenvalue weighted by molar-refractivity contribution is -0.101. The molecule has 0 saturated carbocycles. The first-order valence-corrected chi connectivity index (χ1v) is 27.7.